The van der Waals surface area contributed by atoms with Crippen LogP contribution in [0.2, 0.25) is 0 Å². The molecule has 7 heteroatoms. The topological polar surface area (TPSA) is 79.6 Å². The number of imide groups is 1. The highest BCUT2D eigenvalue weighted by atomic mass is 32.2. The normalized spacial score (nSPS) is 16.2. The zero-order chi connectivity index (χ0) is 17.8. The minimum absolute atomic E-state index is 0.190. The first-order chi connectivity index (χ1) is 12.0. The number of benzene rings is 1. The van der Waals surface area contributed by atoms with Crippen molar-refractivity contribution >= 4 is 46.3 Å². The maximum absolute atomic E-state index is 12.5. The summed E-state index contributed by atoms with van der Waals surface area (Å²) in [6.07, 6.45) is 6.50. The van der Waals surface area contributed by atoms with Gasteiger partial charge in [-0.2, -0.15) is 0 Å². The highest BCUT2D eigenvalue weighted by Gasteiger charge is 2.35. The lowest BCUT2D eigenvalue weighted by Crippen LogP contribution is -2.27. The molecule has 0 bridgehead atoms. The Hall–Kier alpha value is -3.06. The molecule has 6 nitrogen and oxygen atoms in total. The van der Waals surface area contributed by atoms with Crippen LogP contribution in [0.4, 0.5) is 16.2 Å². The molecule has 1 fully saturated rings. The zero-order valence-electron chi connectivity index (χ0n) is 13.3. The van der Waals surface area contributed by atoms with Gasteiger partial charge in [0.15, 0.2) is 0 Å². The number of amides is 3. The molecule has 3 amide bonds. The molecule has 0 unspecified atom stereocenters. The first kappa shape index (κ1) is 16.8. The van der Waals surface area contributed by atoms with Gasteiger partial charge in [0.1, 0.15) is 5.76 Å². The molecule has 0 saturated carbocycles. The van der Waals surface area contributed by atoms with Crippen molar-refractivity contribution in [3.05, 3.63) is 65.5 Å². The fourth-order valence-corrected chi connectivity index (χ4v) is 3.01. The fourth-order valence-electron chi connectivity index (χ4n) is 2.22. The molecule has 0 spiro atoms. The van der Waals surface area contributed by atoms with E-state index in [4.69, 9.17) is 4.42 Å². The van der Waals surface area contributed by atoms with Gasteiger partial charge < -0.3 is 9.73 Å². The van der Waals surface area contributed by atoms with E-state index in [0.717, 1.165) is 16.7 Å². The molecule has 0 atom stereocenters. The van der Waals surface area contributed by atoms with Gasteiger partial charge >= 0.3 is 0 Å². The Kier molecular flexibility index (Phi) is 4.85. The van der Waals surface area contributed by atoms with Crippen LogP contribution < -0.4 is 10.2 Å². The molecule has 1 N–H and O–H groups in total. The molecule has 1 aliphatic heterocycles. The second-order valence-electron chi connectivity index (χ2n) is 5.14. The van der Waals surface area contributed by atoms with Crippen LogP contribution in [0.25, 0.3) is 6.08 Å². The molecule has 25 heavy (non-hydrogen) atoms. The quantitative estimate of drug-likeness (QED) is 0.839. The first-order valence-electron chi connectivity index (χ1n) is 7.40. The number of nitrogens with zero attached hydrogens (tertiary/aromatic N) is 1. The van der Waals surface area contributed by atoms with E-state index in [9.17, 15) is 14.4 Å². The Morgan fingerprint density at radius 3 is 2.60 bits per heavy atom. The van der Waals surface area contributed by atoms with Crippen LogP contribution in [0.5, 0.6) is 0 Å². The Morgan fingerprint density at radius 1 is 1.20 bits per heavy atom. The number of allylic oxidation sites excluding steroid dienone is 2. The van der Waals surface area contributed by atoms with Crippen molar-refractivity contribution in [1.29, 1.82) is 0 Å². The molecular weight excluding hydrogens is 340 g/mol. The predicted molar refractivity (Wildman–Crippen MR) is 97.0 cm³/mol. The van der Waals surface area contributed by atoms with Gasteiger partial charge in [-0.15, -0.1) is 0 Å². The lowest BCUT2D eigenvalue weighted by Gasteiger charge is -2.13. The van der Waals surface area contributed by atoms with Crippen LogP contribution in [0.1, 0.15) is 12.7 Å². The van der Waals surface area contributed by atoms with Gasteiger partial charge in [0.25, 0.3) is 11.1 Å². The predicted octanol–water partition coefficient (Wildman–Crippen LogP) is 4.04. The number of hydrogen-bond donors (Lipinski definition) is 1. The summed E-state index contributed by atoms with van der Waals surface area (Å²) >= 11 is 0.876. The molecular formula is C18H14N2O4S. The number of hydrogen-bond acceptors (Lipinski definition) is 5. The molecule has 1 saturated heterocycles. The average molecular weight is 354 g/mol. The number of furan rings is 1. The standard InChI is InChI=1S/C18H14N2O4S/c1-12(21)19-13-7-9-14(10-8-13)20-17(22)16(25-18(20)23)6-2-4-15-5-3-11-24-15/h2-11H,1H3,(H,19,21)/b4-2+,16-6+. The first-order valence-corrected chi connectivity index (χ1v) is 8.22. The maximum Gasteiger partial charge on any atom is 0.298 e. The summed E-state index contributed by atoms with van der Waals surface area (Å²) < 4.78 is 5.16. The number of thioether (sulfide) groups is 1. The van der Waals surface area contributed by atoms with Gasteiger partial charge in [0, 0.05) is 12.6 Å². The van der Waals surface area contributed by atoms with E-state index in [2.05, 4.69) is 5.32 Å². The van der Waals surface area contributed by atoms with Crippen molar-refractivity contribution < 1.29 is 18.8 Å². The minimum Gasteiger partial charge on any atom is -0.465 e. The lowest BCUT2D eigenvalue weighted by molar-refractivity contribution is -0.114. The average Bonchev–Trinajstić information content (AvgIpc) is 3.17. The van der Waals surface area contributed by atoms with Crippen LogP contribution in [-0.2, 0) is 9.59 Å². The Bertz CT molecular complexity index is 867. The van der Waals surface area contributed by atoms with Gasteiger partial charge in [-0.3, -0.25) is 14.4 Å². The van der Waals surface area contributed by atoms with Gasteiger partial charge in [-0.05, 0) is 60.3 Å². The summed E-state index contributed by atoms with van der Waals surface area (Å²) in [7, 11) is 0. The molecule has 1 aliphatic rings. The van der Waals surface area contributed by atoms with Crippen LogP contribution in [0, 0.1) is 0 Å². The van der Waals surface area contributed by atoms with E-state index in [-0.39, 0.29) is 17.1 Å². The summed E-state index contributed by atoms with van der Waals surface area (Å²) in [4.78, 5) is 37.1. The van der Waals surface area contributed by atoms with Crippen molar-refractivity contribution in [2.45, 2.75) is 6.92 Å². The Balaban J connectivity index is 1.75. The molecule has 1 aromatic carbocycles. The van der Waals surface area contributed by atoms with Crippen LogP contribution in [0.3, 0.4) is 0 Å². The molecule has 2 heterocycles. The van der Waals surface area contributed by atoms with E-state index >= 15 is 0 Å². The molecule has 0 aliphatic carbocycles. The van der Waals surface area contributed by atoms with Gasteiger partial charge in [0.2, 0.25) is 5.91 Å². The summed E-state index contributed by atoms with van der Waals surface area (Å²) in [5.41, 5.74) is 1.05. The number of carbonyl (C=O) groups is 3. The minimum atomic E-state index is -0.383. The highest BCUT2D eigenvalue weighted by molar-refractivity contribution is 8.18. The molecule has 126 valence electrons. The second-order valence-corrected chi connectivity index (χ2v) is 6.14. The van der Waals surface area contributed by atoms with Gasteiger partial charge in [-0.1, -0.05) is 6.08 Å². The third kappa shape index (κ3) is 3.89. The summed E-state index contributed by atoms with van der Waals surface area (Å²) in [5.74, 6) is 0.0839. The SMILES string of the molecule is CC(=O)Nc1ccc(N2C(=O)S/C(=C/C=C/c3ccco3)C2=O)cc1. The third-order valence-electron chi connectivity index (χ3n) is 3.29. The summed E-state index contributed by atoms with van der Waals surface area (Å²) in [6.45, 7) is 1.41. The number of nitrogens with one attached hydrogen (secondary N) is 1. The molecule has 2 aromatic rings. The van der Waals surface area contributed by atoms with E-state index in [1.165, 1.54) is 6.92 Å². The maximum atomic E-state index is 12.5. The van der Waals surface area contributed by atoms with E-state index in [1.54, 1.807) is 60.9 Å². The third-order valence-corrected chi connectivity index (χ3v) is 4.18. The monoisotopic (exact) mass is 354 g/mol. The Labute approximate surface area is 148 Å². The smallest absolute Gasteiger partial charge is 0.298 e. The van der Waals surface area contributed by atoms with Crippen molar-refractivity contribution in [2.24, 2.45) is 0 Å². The van der Waals surface area contributed by atoms with E-state index in [1.807, 2.05) is 0 Å². The highest BCUT2D eigenvalue weighted by Crippen LogP contribution is 2.35. The molecule has 0 radical (unpaired) electrons. The lowest BCUT2D eigenvalue weighted by atomic mass is 10.2. The van der Waals surface area contributed by atoms with Crippen LogP contribution >= 0.6 is 11.8 Å². The van der Waals surface area contributed by atoms with Gasteiger partial charge in [-0.25, -0.2) is 4.90 Å². The van der Waals surface area contributed by atoms with Crippen molar-refractivity contribution in [1.82, 2.24) is 0 Å². The van der Waals surface area contributed by atoms with Crippen molar-refractivity contribution in [3.8, 4) is 0 Å². The molecule has 3 rings (SSSR count). The molecule has 1 aromatic heterocycles. The van der Waals surface area contributed by atoms with Crippen molar-refractivity contribution in [3.63, 3.8) is 0 Å². The van der Waals surface area contributed by atoms with Gasteiger partial charge in [0.05, 0.1) is 16.9 Å². The number of carbonyl (C=O) groups excluding carboxylic acids is 3. The largest absolute Gasteiger partial charge is 0.465 e. The Morgan fingerprint density at radius 2 is 1.96 bits per heavy atom. The summed E-state index contributed by atoms with van der Waals surface area (Å²) in [5, 5.41) is 2.27. The summed E-state index contributed by atoms with van der Waals surface area (Å²) in [6, 6.07) is 10.1. The zero-order valence-corrected chi connectivity index (χ0v) is 14.1. The van der Waals surface area contributed by atoms with Crippen LogP contribution in [-0.4, -0.2) is 17.1 Å². The van der Waals surface area contributed by atoms with E-state index in [0.29, 0.717) is 22.0 Å². The number of anilines is 2. The number of rotatable bonds is 4. The second kappa shape index (κ2) is 7.23. The fraction of sp³-hybridized carbons (Fsp3) is 0.0556. The van der Waals surface area contributed by atoms with Crippen LogP contribution in [0.15, 0.2) is 64.1 Å². The van der Waals surface area contributed by atoms with Crippen molar-refractivity contribution in [2.75, 3.05) is 10.2 Å². The van der Waals surface area contributed by atoms with E-state index < -0.39 is 0 Å².